The van der Waals surface area contributed by atoms with Crippen LogP contribution >= 0.6 is 11.6 Å². The number of carbonyl (C=O) groups is 1. The third-order valence-electron chi connectivity index (χ3n) is 2.35. The first-order chi connectivity index (χ1) is 6.88. The van der Waals surface area contributed by atoms with Gasteiger partial charge in [-0.15, -0.1) is 0 Å². The SMILES string of the molecule is CCC(C)(O)C(=O)c1ccc(Cl)cc1F. The van der Waals surface area contributed by atoms with Gasteiger partial charge in [0.05, 0.1) is 5.56 Å². The summed E-state index contributed by atoms with van der Waals surface area (Å²) in [7, 11) is 0. The molecule has 1 atom stereocenters. The van der Waals surface area contributed by atoms with Crippen LogP contribution in [-0.2, 0) is 0 Å². The molecule has 1 N–H and O–H groups in total. The first-order valence-electron chi connectivity index (χ1n) is 4.60. The molecular weight excluding hydrogens is 219 g/mol. The maximum Gasteiger partial charge on any atom is 0.196 e. The molecule has 0 bridgehead atoms. The molecule has 0 saturated carbocycles. The standard InChI is InChI=1S/C11H12ClFO2/c1-3-11(2,15)10(14)8-5-4-7(12)6-9(8)13/h4-6,15H,3H2,1-2H3. The van der Waals surface area contributed by atoms with E-state index in [0.717, 1.165) is 6.07 Å². The van der Waals surface area contributed by atoms with Crippen molar-refractivity contribution in [1.29, 1.82) is 0 Å². The minimum Gasteiger partial charge on any atom is -0.382 e. The molecule has 0 aromatic heterocycles. The van der Waals surface area contributed by atoms with Gasteiger partial charge in [0.15, 0.2) is 5.78 Å². The lowest BCUT2D eigenvalue weighted by Crippen LogP contribution is -2.34. The number of ketones is 1. The zero-order valence-electron chi connectivity index (χ0n) is 8.55. The van der Waals surface area contributed by atoms with E-state index >= 15 is 0 Å². The molecule has 0 aliphatic rings. The van der Waals surface area contributed by atoms with E-state index in [9.17, 15) is 14.3 Å². The number of carbonyl (C=O) groups excluding carboxylic acids is 1. The van der Waals surface area contributed by atoms with Gasteiger partial charge in [0.1, 0.15) is 11.4 Å². The summed E-state index contributed by atoms with van der Waals surface area (Å²) >= 11 is 5.56. The van der Waals surface area contributed by atoms with Crippen molar-refractivity contribution in [3.05, 3.63) is 34.6 Å². The molecule has 2 nitrogen and oxygen atoms in total. The fourth-order valence-electron chi connectivity index (χ4n) is 1.12. The monoisotopic (exact) mass is 230 g/mol. The Labute approximate surface area is 92.7 Å². The van der Waals surface area contributed by atoms with Crippen LogP contribution in [0, 0.1) is 5.82 Å². The second kappa shape index (κ2) is 4.29. The van der Waals surface area contributed by atoms with Crippen molar-refractivity contribution in [3.63, 3.8) is 0 Å². The second-order valence-electron chi connectivity index (χ2n) is 3.58. The summed E-state index contributed by atoms with van der Waals surface area (Å²) in [6.45, 7) is 3.02. The molecule has 4 heteroatoms. The van der Waals surface area contributed by atoms with Crippen LogP contribution in [0.1, 0.15) is 30.6 Å². The number of hydrogen-bond acceptors (Lipinski definition) is 2. The van der Waals surface area contributed by atoms with Crippen molar-refractivity contribution < 1.29 is 14.3 Å². The van der Waals surface area contributed by atoms with Gasteiger partial charge < -0.3 is 5.11 Å². The van der Waals surface area contributed by atoms with Gasteiger partial charge in [0.25, 0.3) is 0 Å². The van der Waals surface area contributed by atoms with Gasteiger partial charge in [-0.2, -0.15) is 0 Å². The van der Waals surface area contributed by atoms with Crippen molar-refractivity contribution in [3.8, 4) is 0 Å². The van der Waals surface area contributed by atoms with Gasteiger partial charge >= 0.3 is 0 Å². The van der Waals surface area contributed by atoms with Crippen molar-refractivity contribution in [2.75, 3.05) is 0 Å². The Hall–Kier alpha value is -0.930. The topological polar surface area (TPSA) is 37.3 Å². The van der Waals surface area contributed by atoms with E-state index < -0.39 is 17.2 Å². The maximum absolute atomic E-state index is 13.4. The van der Waals surface area contributed by atoms with Gasteiger partial charge in [0.2, 0.25) is 0 Å². The van der Waals surface area contributed by atoms with Gasteiger partial charge in [-0.3, -0.25) is 4.79 Å². The van der Waals surface area contributed by atoms with Crippen LogP contribution in [0.25, 0.3) is 0 Å². The van der Waals surface area contributed by atoms with Gasteiger partial charge in [0, 0.05) is 5.02 Å². The third kappa shape index (κ3) is 2.55. The van der Waals surface area contributed by atoms with E-state index in [4.69, 9.17) is 11.6 Å². The highest BCUT2D eigenvalue weighted by Gasteiger charge is 2.30. The fourth-order valence-corrected chi connectivity index (χ4v) is 1.28. The quantitative estimate of drug-likeness (QED) is 0.811. The van der Waals surface area contributed by atoms with Crippen LogP contribution < -0.4 is 0 Å². The Balaban J connectivity index is 3.12. The Kier molecular flexibility index (Phi) is 3.47. The van der Waals surface area contributed by atoms with Gasteiger partial charge in [-0.25, -0.2) is 4.39 Å². The Morgan fingerprint density at radius 3 is 2.67 bits per heavy atom. The zero-order chi connectivity index (χ0) is 11.6. The highest BCUT2D eigenvalue weighted by molar-refractivity contribution is 6.30. The smallest absolute Gasteiger partial charge is 0.196 e. The molecule has 0 aliphatic heterocycles. The number of Topliss-reactive ketones (excluding diaryl/α,β-unsaturated/α-hetero) is 1. The molecule has 0 spiro atoms. The molecule has 1 aromatic rings. The Morgan fingerprint density at radius 2 is 2.20 bits per heavy atom. The number of benzene rings is 1. The zero-order valence-corrected chi connectivity index (χ0v) is 9.31. The van der Waals surface area contributed by atoms with Gasteiger partial charge in [-0.05, 0) is 31.5 Å². The number of hydrogen-bond donors (Lipinski definition) is 1. The normalized spacial score (nSPS) is 14.7. The highest BCUT2D eigenvalue weighted by atomic mass is 35.5. The Morgan fingerprint density at radius 1 is 1.60 bits per heavy atom. The molecule has 0 heterocycles. The predicted molar refractivity (Wildman–Crippen MR) is 56.7 cm³/mol. The summed E-state index contributed by atoms with van der Waals surface area (Å²) in [5.41, 5.74) is -1.67. The van der Waals surface area contributed by atoms with Crippen LogP contribution in [0.4, 0.5) is 4.39 Å². The average Bonchev–Trinajstić information content (AvgIpc) is 2.17. The van der Waals surface area contributed by atoms with Crippen LogP contribution in [0.15, 0.2) is 18.2 Å². The van der Waals surface area contributed by atoms with Crippen molar-refractivity contribution in [1.82, 2.24) is 0 Å². The molecule has 15 heavy (non-hydrogen) atoms. The summed E-state index contributed by atoms with van der Waals surface area (Å²) < 4.78 is 13.4. The van der Waals surface area contributed by atoms with E-state index in [-0.39, 0.29) is 17.0 Å². The van der Waals surface area contributed by atoms with E-state index in [1.807, 2.05) is 0 Å². The van der Waals surface area contributed by atoms with E-state index in [1.54, 1.807) is 6.92 Å². The van der Waals surface area contributed by atoms with E-state index in [0.29, 0.717) is 0 Å². The lowest BCUT2D eigenvalue weighted by molar-refractivity contribution is 0.0386. The summed E-state index contributed by atoms with van der Waals surface area (Å²) in [5, 5.41) is 9.91. The summed E-state index contributed by atoms with van der Waals surface area (Å²) in [5.74, 6) is -1.33. The lowest BCUT2D eigenvalue weighted by Gasteiger charge is -2.19. The molecule has 1 rings (SSSR count). The first kappa shape index (κ1) is 12.1. The Bertz CT molecular complexity index is 388. The number of halogens is 2. The summed E-state index contributed by atoms with van der Waals surface area (Å²) in [6.07, 6.45) is 0.230. The van der Waals surface area contributed by atoms with Crippen LogP contribution in [-0.4, -0.2) is 16.5 Å². The predicted octanol–water partition coefficient (Wildman–Crippen LogP) is 2.82. The van der Waals surface area contributed by atoms with E-state index in [1.165, 1.54) is 19.1 Å². The highest BCUT2D eigenvalue weighted by Crippen LogP contribution is 2.21. The number of rotatable bonds is 3. The molecular formula is C11H12ClFO2. The fraction of sp³-hybridized carbons (Fsp3) is 0.364. The number of aliphatic hydroxyl groups is 1. The van der Waals surface area contributed by atoms with Crippen molar-refractivity contribution >= 4 is 17.4 Å². The minimum atomic E-state index is -1.53. The lowest BCUT2D eigenvalue weighted by atomic mass is 9.92. The van der Waals surface area contributed by atoms with Crippen LogP contribution in [0.2, 0.25) is 5.02 Å². The first-order valence-corrected chi connectivity index (χ1v) is 4.98. The third-order valence-corrected chi connectivity index (χ3v) is 2.59. The molecule has 0 fully saturated rings. The summed E-state index contributed by atoms with van der Waals surface area (Å²) in [4.78, 5) is 11.7. The maximum atomic E-state index is 13.4. The molecule has 0 aliphatic carbocycles. The molecule has 0 amide bonds. The molecule has 1 unspecified atom stereocenters. The molecule has 0 radical (unpaired) electrons. The van der Waals surface area contributed by atoms with E-state index in [2.05, 4.69) is 0 Å². The molecule has 1 aromatic carbocycles. The molecule has 0 saturated heterocycles. The second-order valence-corrected chi connectivity index (χ2v) is 4.02. The average molecular weight is 231 g/mol. The largest absolute Gasteiger partial charge is 0.382 e. The van der Waals surface area contributed by atoms with Crippen LogP contribution in [0.5, 0.6) is 0 Å². The molecule has 82 valence electrons. The van der Waals surface area contributed by atoms with Crippen LogP contribution in [0.3, 0.4) is 0 Å². The van der Waals surface area contributed by atoms with Crippen molar-refractivity contribution in [2.24, 2.45) is 0 Å². The van der Waals surface area contributed by atoms with Gasteiger partial charge in [-0.1, -0.05) is 18.5 Å². The minimum absolute atomic E-state index is 0.133. The summed E-state index contributed by atoms with van der Waals surface area (Å²) in [6, 6.07) is 3.76. The van der Waals surface area contributed by atoms with Crippen molar-refractivity contribution in [2.45, 2.75) is 25.9 Å².